The molecule has 0 saturated carbocycles. The molecule has 0 fully saturated rings. The number of benzene rings is 3. The van der Waals surface area contributed by atoms with Crippen LogP contribution >= 0.6 is 23.2 Å². The van der Waals surface area contributed by atoms with Gasteiger partial charge in [-0.1, -0.05) is 85.6 Å². The van der Waals surface area contributed by atoms with Crippen LogP contribution in [0.4, 0.5) is 0 Å². The van der Waals surface area contributed by atoms with E-state index in [1.165, 1.54) is 17.0 Å². The number of carbonyl (C=O) groups excluding carboxylic acids is 3. The van der Waals surface area contributed by atoms with E-state index in [2.05, 4.69) is 5.32 Å². The lowest BCUT2D eigenvalue weighted by molar-refractivity contribution is -0.141. The standard InChI is InChI=1S/C30H31Cl2N3O5S/c1-20(2)18-33-29(37)26(17-21-8-4-3-5-9-21)34(19-22-12-13-24(31)25(32)16-22)28(36)14-15-35-30(38)23-10-6-7-11-27(23)41(35,39)40/h3-13,16,20,26H,14-15,17-19H2,1-2H3,(H,33,37)/t26-/m1/s1. The Morgan fingerprint density at radius 3 is 2.27 bits per heavy atom. The highest BCUT2D eigenvalue weighted by molar-refractivity contribution is 7.90. The number of nitrogens with one attached hydrogen (secondary N) is 1. The topological polar surface area (TPSA) is 104 Å². The zero-order valence-corrected chi connectivity index (χ0v) is 25.0. The number of halogens is 2. The van der Waals surface area contributed by atoms with Crippen molar-refractivity contribution in [2.24, 2.45) is 5.92 Å². The van der Waals surface area contributed by atoms with E-state index in [1.54, 1.807) is 30.3 Å². The second kappa shape index (κ2) is 13.1. The summed E-state index contributed by atoms with van der Waals surface area (Å²) >= 11 is 12.3. The first-order valence-electron chi connectivity index (χ1n) is 13.2. The molecule has 1 atom stereocenters. The number of amides is 3. The Hall–Kier alpha value is -3.40. The van der Waals surface area contributed by atoms with Gasteiger partial charge in [0, 0.05) is 32.5 Å². The summed E-state index contributed by atoms with van der Waals surface area (Å²) in [6.45, 7) is 4.01. The van der Waals surface area contributed by atoms with Crippen molar-refractivity contribution in [3.8, 4) is 0 Å². The van der Waals surface area contributed by atoms with Crippen LogP contribution in [0, 0.1) is 5.92 Å². The first kappa shape index (κ1) is 30.6. The van der Waals surface area contributed by atoms with E-state index in [-0.39, 0.29) is 48.2 Å². The van der Waals surface area contributed by atoms with E-state index in [9.17, 15) is 22.8 Å². The van der Waals surface area contributed by atoms with Crippen LogP contribution < -0.4 is 5.32 Å². The van der Waals surface area contributed by atoms with Crippen LogP contribution in [0.3, 0.4) is 0 Å². The minimum Gasteiger partial charge on any atom is -0.354 e. The third-order valence-corrected chi connectivity index (χ3v) is 9.31. The molecular weight excluding hydrogens is 585 g/mol. The number of fused-ring (bicyclic) bond motifs is 1. The van der Waals surface area contributed by atoms with Gasteiger partial charge in [0.05, 0.1) is 15.6 Å². The van der Waals surface area contributed by atoms with Crippen LogP contribution in [0.25, 0.3) is 0 Å². The second-order valence-electron chi connectivity index (χ2n) is 10.2. The largest absolute Gasteiger partial charge is 0.354 e. The molecule has 1 aliphatic rings. The van der Waals surface area contributed by atoms with Gasteiger partial charge in [0.2, 0.25) is 11.8 Å². The van der Waals surface area contributed by atoms with Crippen molar-refractivity contribution in [1.82, 2.24) is 14.5 Å². The molecule has 1 aliphatic heterocycles. The van der Waals surface area contributed by atoms with Gasteiger partial charge in [-0.3, -0.25) is 14.4 Å². The highest BCUT2D eigenvalue weighted by atomic mass is 35.5. The smallest absolute Gasteiger partial charge is 0.269 e. The number of hydrogen-bond acceptors (Lipinski definition) is 5. The molecule has 0 saturated heterocycles. The lowest BCUT2D eigenvalue weighted by Gasteiger charge is -2.32. The highest BCUT2D eigenvalue weighted by Crippen LogP contribution is 2.30. The molecule has 3 aromatic rings. The SMILES string of the molecule is CC(C)CNC(=O)[C@@H](Cc1ccccc1)N(Cc1ccc(Cl)c(Cl)c1)C(=O)CCN1C(=O)c2ccccc2S1(=O)=O. The average molecular weight is 617 g/mol. The van der Waals surface area contributed by atoms with E-state index in [4.69, 9.17) is 23.2 Å². The van der Waals surface area contributed by atoms with Crippen LogP contribution in [0.2, 0.25) is 10.0 Å². The van der Waals surface area contributed by atoms with Crippen LogP contribution in [0.15, 0.2) is 77.7 Å². The van der Waals surface area contributed by atoms with E-state index in [0.29, 0.717) is 22.2 Å². The van der Waals surface area contributed by atoms with Gasteiger partial charge in [-0.2, -0.15) is 0 Å². The second-order valence-corrected chi connectivity index (χ2v) is 12.9. The molecule has 3 amide bonds. The zero-order valence-electron chi connectivity index (χ0n) is 22.7. The maximum Gasteiger partial charge on any atom is 0.269 e. The Labute approximate surface area is 250 Å². The Balaban J connectivity index is 1.65. The van der Waals surface area contributed by atoms with Crippen molar-refractivity contribution >= 4 is 50.9 Å². The average Bonchev–Trinajstić information content (AvgIpc) is 3.14. The van der Waals surface area contributed by atoms with Crippen molar-refractivity contribution in [2.45, 2.75) is 44.2 Å². The first-order valence-corrected chi connectivity index (χ1v) is 15.4. The highest BCUT2D eigenvalue weighted by Gasteiger charge is 2.41. The number of hydrogen-bond donors (Lipinski definition) is 1. The molecule has 0 spiro atoms. The molecular formula is C30H31Cl2N3O5S. The van der Waals surface area contributed by atoms with Gasteiger partial charge in [-0.25, -0.2) is 12.7 Å². The van der Waals surface area contributed by atoms with Gasteiger partial charge in [0.15, 0.2) is 0 Å². The molecule has 0 unspecified atom stereocenters. The molecule has 1 N–H and O–H groups in total. The summed E-state index contributed by atoms with van der Waals surface area (Å²) in [4.78, 5) is 41.7. The van der Waals surface area contributed by atoms with Gasteiger partial charge >= 0.3 is 0 Å². The molecule has 0 radical (unpaired) electrons. The van der Waals surface area contributed by atoms with Crippen LogP contribution in [0.1, 0.15) is 41.8 Å². The summed E-state index contributed by atoms with van der Waals surface area (Å²) < 4.78 is 26.8. The number of carbonyl (C=O) groups is 3. The quantitative estimate of drug-likeness (QED) is 0.329. The Kier molecular flexibility index (Phi) is 9.73. The summed E-state index contributed by atoms with van der Waals surface area (Å²) in [6.07, 6.45) is -0.0900. The van der Waals surface area contributed by atoms with Crippen LogP contribution in [-0.4, -0.2) is 54.5 Å². The number of nitrogens with zero attached hydrogens (tertiary/aromatic N) is 2. The molecule has 41 heavy (non-hydrogen) atoms. The molecule has 1 heterocycles. The van der Waals surface area contributed by atoms with Crippen LogP contribution in [0.5, 0.6) is 0 Å². The lowest BCUT2D eigenvalue weighted by atomic mass is 10.0. The van der Waals surface area contributed by atoms with E-state index < -0.39 is 27.9 Å². The van der Waals surface area contributed by atoms with Crippen molar-refractivity contribution < 1.29 is 22.8 Å². The molecule has 11 heteroatoms. The molecule has 3 aromatic carbocycles. The van der Waals surface area contributed by atoms with Crippen molar-refractivity contribution in [1.29, 1.82) is 0 Å². The lowest BCUT2D eigenvalue weighted by Crippen LogP contribution is -2.51. The molecule has 0 aliphatic carbocycles. The van der Waals surface area contributed by atoms with Gasteiger partial charge < -0.3 is 10.2 Å². The minimum atomic E-state index is -4.09. The van der Waals surface area contributed by atoms with E-state index in [1.807, 2.05) is 44.2 Å². The Morgan fingerprint density at radius 2 is 1.61 bits per heavy atom. The molecule has 0 bridgehead atoms. The third kappa shape index (κ3) is 7.09. The number of rotatable bonds is 11. The normalized spacial score (nSPS) is 14.6. The Bertz CT molecular complexity index is 1550. The Morgan fingerprint density at radius 1 is 0.927 bits per heavy atom. The van der Waals surface area contributed by atoms with Crippen LogP contribution in [-0.2, 0) is 32.6 Å². The van der Waals surface area contributed by atoms with Gasteiger partial charge in [-0.05, 0) is 41.3 Å². The summed E-state index contributed by atoms with van der Waals surface area (Å²) in [7, 11) is -4.09. The zero-order chi connectivity index (χ0) is 29.7. The minimum absolute atomic E-state index is 0.0171. The summed E-state index contributed by atoms with van der Waals surface area (Å²) in [5.41, 5.74) is 1.55. The summed E-state index contributed by atoms with van der Waals surface area (Å²) in [5, 5.41) is 3.58. The monoisotopic (exact) mass is 615 g/mol. The third-order valence-electron chi connectivity index (χ3n) is 6.73. The fourth-order valence-corrected chi connectivity index (χ4v) is 6.49. The van der Waals surface area contributed by atoms with Crippen molar-refractivity contribution in [3.63, 3.8) is 0 Å². The van der Waals surface area contributed by atoms with Gasteiger partial charge in [-0.15, -0.1) is 0 Å². The predicted molar refractivity (Wildman–Crippen MR) is 158 cm³/mol. The molecule has 216 valence electrons. The molecule has 4 rings (SSSR count). The summed E-state index contributed by atoms with van der Waals surface area (Å²) in [5.74, 6) is -1.33. The maximum absolute atomic E-state index is 13.9. The fourth-order valence-electron chi connectivity index (χ4n) is 4.60. The molecule has 0 aromatic heterocycles. The van der Waals surface area contributed by atoms with E-state index >= 15 is 0 Å². The summed E-state index contributed by atoms with van der Waals surface area (Å²) in [6, 6.07) is 19.3. The van der Waals surface area contributed by atoms with Crippen molar-refractivity contribution in [2.75, 3.05) is 13.1 Å². The predicted octanol–water partition coefficient (Wildman–Crippen LogP) is 4.94. The fraction of sp³-hybridized carbons (Fsp3) is 0.300. The van der Waals surface area contributed by atoms with Gasteiger partial charge in [0.1, 0.15) is 10.9 Å². The van der Waals surface area contributed by atoms with Crippen molar-refractivity contribution in [3.05, 3.63) is 99.5 Å². The van der Waals surface area contributed by atoms with Gasteiger partial charge in [0.25, 0.3) is 15.9 Å². The molecule has 8 nitrogen and oxygen atoms in total. The first-order chi connectivity index (χ1) is 19.5. The maximum atomic E-state index is 13.9. The number of sulfonamides is 1. The van der Waals surface area contributed by atoms with E-state index in [0.717, 1.165) is 9.87 Å².